The molecule has 15 heavy (non-hydrogen) atoms. The molecule has 0 heterocycles. The summed E-state index contributed by atoms with van der Waals surface area (Å²) in [4.78, 5) is 11.7. The number of carbonyl (C=O) groups is 1. The van der Waals surface area contributed by atoms with Gasteiger partial charge in [-0.25, -0.2) is 0 Å². The van der Waals surface area contributed by atoms with Crippen molar-refractivity contribution in [2.45, 2.75) is 52.9 Å². The molecular formula is C14H22O. The van der Waals surface area contributed by atoms with E-state index in [1.807, 2.05) is 0 Å². The largest absolute Gasteiger partial charge is 0.300 e. The molecule has 2 aliphatic rings. The first-order valence-electron chi connectivity index (χ1n) is 6.22. The molecule has 0 aromatic heterocycles. The molecule has 0 radical (unpaired) electrons. The highest BCUT2D eigenvalue weighted by atomic mass is 16.1. The molecule has 2 rings (SSSR count). The van der Waals surface area contributed by atoms with Crippen molar-refractivity contribution in [3.63, 3.8) is 0 Å². The van der Waals surface area contributed by atoms with Crippen LogP contribution in [0.2, 0.25) is 0 Å². The van der Waals surface area contributed by atoms with Crippen molar-refractivity contribution in [1.82, 2.24) is 0 Å². The van der Waals surface area contributed by atoms with E-state index < -0.39 is 0 Å². The number of Topliss-reactive ketones (excluding diaryl/α,β-unsaturated/α-hetero) is 1. The molecule has 0 unspecified atom stereocenters. The highest BCUT2D eigenvalue weighted by molar-refractivity contribution is 5.79. The number of fused-ring (bicyclic) bond motifs is 1. The van der Waals surface area contributed by atoms with E-state index in [0.29, 0.717) is 11.7 Å². The van der Waals surface area contributed by atoms with E-state index in [0.717, 1.165) is 25.2 Å². The van der Waals surface area contributed by atoms with Crippen molar-refractivity contribution in [1.29, 1.82) is 0 Å². The highest BCUT2D eigenvalue weighted by Gasteiger charge is 2.32. The Morgan fingerprint density at radius 2 is 2.00 bits per heavy atom. The van der Waals surface area contributed by atoms with E-state index in [-0.39, 0.29) is 5.41 Å². The molecule has 1 saturated carbocycles. The summed E-state index contributed by atoms with van der Waals surface area (Å²) in [7, 11) is 0. The van der Waals surface area contributed by atoms with Gasteiger partial charge in [0.25, 0.3) is 0 Å². The lowest BCUT2D eigenvalue weighted by Crippen LogP contribution is -2.20. The summed E-state index contributed by atoms with van der Waals surface area (Å²) in [6, 6.07) is 0. The predicted molar refractivity (Wildman–Crippen MR) is 62.6 cm³/mol. The molecule has 84 valence electrons. The van der Waals surface area contributed by atoms with Gasteiger partial charge in [0.15, 0.2) is 0 Å². The molecular weight excluding hydrogens is 184 g/mol. The zero-order chi connectivity index (χ0) is 11.1. The minimum Gasteiger partial charge on any atom is -0.300 e. The van der Waals surface area contributed by atoms with Gasteiger partial charge in [0, 0.05) is 12.8 Å². The Morgan fingerprint density at radius 3 is 2.73 bits per heavy atom. The fourth-order valence-corrected chi connectivity index (χ4v) is 3.19. The smallest absolute Gasteiger partial charge is 0.133 e. The van der Waals surface area contributed by atoms with Crippen LogP contribution in [0.3, 0.4) is 0 Å². The van der Waals surface area contributed by atoms with Crippen LogP contribution in [0.4, 0.5) is 0 Å². The summed E-state index contributed by atoms with van der Waals surface area (Å²) in [6.45, 7) is 6.74. The molecule has 1 fully saturated rings. The molecule has 0 spiro atoms. The Hall–Kier alpha value is -0.590. The van der Waals surface area contributed by atoms with E-state index in [9.17, 15) is 4.79 Å². The fourth-order valence-electron chi connectivity index (χ4n) is 3.19. The number of rotatable bonds is 0. The molecule has 0 aromatic rings. The zero-order valence-corrected chi connectivity index (χ0v) is 10.2. The minimum atomic E-state index is 0.0870. The first-order chi connectivity index (χ1) is 6.98. The lowest BCUT2D eigenvalue weighted by atomic mass is 9.78. The molecule has 0 saturated heterocycles. The number of hydrogen-bond acceptors (Lipinski definition) is 1. The van der Waals surface area contributed by atoms with Crippen LogP contribution >= 0.6 is 0 Å². The van der Waals surface area contributed by atoms with Crippen molar-refractivity contribution in [2.75, 3.05) is 0 Å². The van der Waals surface area contributed by atoms with Gasteiger partial charge in [-0.2, -0.15) is 0 Å². The summed E-state index contributed by atoms with van der Waals surface area (Å²) in [6.07, 6.45) is 7.67. The number of ketones is 1. The van der Waals surface area contributed by atoms with Gasteiger partial charge in [-0.15, -0.1) is 0 Å². The number of hydrogen-bond donors (Lipinski definition) is 0. The first kappa shape index (κ1) is 10.9. The summed E-state index contributed by atoms with van der Waals surface area (Å²) in [5.74, 6) is 1.92. The summed E-state index contributed by atoms with van der Waals surface area (Å²) in [5, 5.41) is 0. The maximum absolute atomic E-state index is 11.7. The van der Waals surface area contributed by atoms with Gasteiger partial charge in [0.05, 0.1) is 0 Å². The van der Waals surface area contributed by atoms with Crippen molar-refractivity contribution in [3.8, 4) is 0 Å². The predicted octanol–water partition coefficient (Wildman–Crippen LogP) is 3.74. The van der Waals surface area contributed by atoms with Crippen LogP contribution in [0.1, 0.15) is 52.9 Å². The Labute approximate surface area is 92.9 Å². The normalized spacial score (nSPS) is 38.9. The Balaban J connectivity index is 2.30. The van der Waals surface area contributed by atoms with Crippen LogP contribution < -0.4 is 0 Å². The van der Waals surface area contributed by atoms with Gasteiger partial charge < -0.3 is 0 Å². The molecule has 0 N–H and O–H groups in total. The Kier molecular flexibility index (Phi) is 2.74. The van der Waals surface area contributed by atoms with Gasteiger partial charge in [0.2, 0.25) is 0 Å². The van der Waals surface area contributed by atoms with Crippen LogP contribution in [0.5, 0.6) is 0 Å². The summed E-state index contributed by atoms with van der Waals surface area (Å²) in [5.41, 5.74) is 1.73. The molecule has 0 amide bonds. The Bertz CT molecular complexity index is 298. The SMILES string of the molecule is C[C@H]1CC[C@H]2CCC(=O)CC(C)(C)/C=C\21. The van der Waals surface area contributed by atoms with Gasteiger partial charge in [-0.3, -0.25) is 4.79 Å². The summed E-state index contributed by atoms with van der Waals surface area (Å²) < 4.78 is 0. The van der Waals surface area contributed by atoms with E-state index in [2.05, 4.69) is 26.8 Å². The molecule has 2 atom stereocenters. The van der Waals surface area contributed by atoms with Crippen LogP contribution in [0.25, 0.3) is 0 Å². The van der Waals surface area contributed by atoms with Crippen LogP contribution in [0.15, 0.2) is 11.6 Å². The van der Waals surface area contributed by atoms with Crippen LogP contribution in [-0.2, 0) is 4.79 Å². The van der Waals surface area contributed by atoms with Gasteiger partial charge >= 0.3 is 0 Å². The van der Waals surface area contributed by atoms with Gasteiger partial charge in [-0.1, -0.05) is 32.4 Å². The quantitative estimate of drug-likeness (QED) is 0.552. The lowest BCUT2D eigenvalue weighted by molar-refractivity contribution is -0.120. The second kappa shape index (κ2) is 3.77. The van der Waals surface area contributed by atoms with Crippen molar-refractivity contribution in [2.24, 2.45) is 17.3 Å². The second-order valence-electron chi connectivity index (χ2n) is 6.06. The summed E-state index contributed by atoms with van der Waals surface area (Å²) >= 11 is 0. The molecule has 0 aliphatic heterocycles. The molecule has 1 heteroatoms. The van der Waals surface area contributed by atoms with Crippen LogP contribution in [0, 0.1) is 17.3 Å². The maximum atomic E-state index is 11.7. The first-order valence-corrected chi connectivity index (χ1v) is 6.22. The third kappa shape index (κ3) is 2.32. The lowest BCUT2D eigenvalue weighted by Gasteiger charge is -2.27. The Morgan fingerprint density at radius 1 is 1.27 bits per heavy atom. The average molecular weight is 206 g/mol. The van der Waals surface area contributed by atoms with Crippen molar-refractivity contribution in [3.05, 3.63) is 11.6 Å². The van der Waals surface area contributed by atoms with E-state index in [4.69, 9.17) is 0 Å². The molecule has 2 aliphatic carbocycles. The molecule has 0 bridgehead atoms. The maximum Gasteiger partial charge on any atom is 0.133 e. The van der Waals surface area contributed by atoms with Crippen molar-refractivity contribution >= 4 is 5.78 Å². The zero-order valence-electron chi connectivity index (χ0n) is 10.2. The second-order valence-corrected chi connectivity index (χ2v) is 6.06. The monoisotopic (exact) mass is 206 g/mol. The third-order valence-corrected chi connectivity index (χ3v) is 3.97. The topological polar surface area (TPSA) is 17.1 Å². The minimum absolute atomic E-state index is 0.0870. The number of allylic oxidation sites excluding steroid dienone is 2. The van der Waals surface area contributed by atoms with Gasteiger partial charge in [-0.05, 0) is 36.5 Å². The van der Waals surface area contributed by atoms with Crippen LogP contribution in [-0.4, -0.2) is 5.78 Å². The average Bonchev–Trinajstić information content (AvgIpc) is 2.41. The standard InChI is InChI=1S/C14H22O/c1-10-4-5-11-6-7-12(15)8-14(2,3)9-13(10)11/h9-11H,4-8H2,1-3H3/b13-9-/t10-,11-/m0/s1. The van der Waals surface area contributed by atoms with Gasteiger partial charge in [0.1, 0.15) is 5.78 Å². The van der Waals surface area contributed by atoms with E-state index >= 15 is 0 Å². The highest BCUT2D eigenvalue weighted by Crippen LogP contribution is 2.43. The third-order valence-electron chi connectivity index (χ3n) is 3.97. The molecule has 0 aromatic carbocycles. The van der Waals surface area contributed by atoms with E-state index in [1.54, 1.807) is 5.57 Å². The fraction of sp³-hybridized carbons (Fsp3) is 0.786. The van der Waals surface area contributed by atoms with E-state index in [1.165, 1.54) is 12.8 Å². The van der Waals surface area contributed by atoms with Crippen molar-refractivity contribution < 1.29 is 4.79 Å². The molecule has 1 nitrogen and oxygen atoms in total. The number of carbonyl (C=O) groups excluding carboxylic acids is 1.